The van der Waals surface area contributed by atoms with Crippen LogP contribution >= 0.6 is 9.16 Å². The highest BCUT2D eigenvalue weighted by Crippen LogP contribution is 2.54. The van der Waals surface area contributed by atoms with Crippen molar-refractivity contribution in [3.05, 3.63) is 53.9 Å². The number of hydrogen-bond donors (Lipinski definition) is 2. The second-order valence-electron chi connectivity index (χ2n) is 13.5. The van der Waals surface area contributed by atoms with Crippen LogP contribution in [0.3, 0.4) is 0 Å². The Bertz CT molecular complexity index is 1340. The Kier molecular flexibility index (Phi) is 10.0. The van der Waals surface area contributed by atoms with Gasteiger partial charge in [-0.15, -0.1) is 0 Å². The van der Waals surface area contributed by atoms with Crippen LogP contribution in [0.4, 0.5) is 4.79 Å². The van der Waals surface area contributed by atoms with E-state index in [0.717, 1.165) is 28.0 Å². The summed E-state index contributed by atoms with van der Waals surface area (Å²) in [6, 6.07) is 11.4. The van der Waals surface area contributed by atoms with Crippen molar-refractivity contribution in [2.45, 2.75) is 46.4 Å². The highest BCUT2D eigenvalue weighted by atomic mass is 32.3. The predicted octanol–water partition coefficient (Wildman–Crippen LogP) is 5.56. The van der Waals surface area contributed by atoms with Crippen molar-refractivity contribution in [3.63, 3.8) is 0 Å². The van der Waals surface area contributed by atoms with Gasteiger partial charge in [-0.1, -0.05) is 12.1 Å². The number of carbonyl (C=O) groups is 2. The van der Waals surface area contributed by atoms with E-state index < -0.39 is 32.7 Å². The Balaban J connectivity index is 1.66. The lowest BCUT2D eigenvalue weighted by molar-refractivity contribution is -0.145. The molecule has 1 atom stereocenters. The van der Waals surface area contributed by atoms with E-state index in [0.29, 0.717) is 31.3 Å². The number of hydrogen-bond acceptors (Lipinski definition) is 7. The van der Waals surface area contributed by atoms with Gasteiger partial charge in [-0.25, -0.2) is 9.78 Å². The molecule has 1 amide bonds. The number of aromatic nitrogens is 2. The van der Waals surface area contributed by atoms with E-state index in [1.807, 2.05) is 37.3 Å². The Morgan fingerprint density at radius 2 is 1.76 bits per heavy atom. The molecule has 2 heterocycles. The largest absolute Gasteiger partial charge is 0.469 e. The Morgan fingerprint density at radius 1 is 1.07 bits per heavy atom. The molecule has 228 valence electrons. The first-order valence-electron chi connectivity index (χ1n) is 13.8. The van der Waals surface area contributed by atoms with Crippen LogP contribution in [0.5, 0.6) is 11.5 Å². The summed E-state index contributed by atoms with van der Waals surface area (Å²) in [6.07, 6.45) is 11.0. The first-order valence-corrected chi connectivity index (χ1v) is 18.1. The molecule has 0 saturated carbocycles. The van der Waals surface area contributed by atoms with Crippen LogP contribution in [0.1, 0.15) is 32.0 Å². The van der Waals surface area contributed by atoms with E-state index in [9.17, 15) is 9.59 Å². The number of alkyl carbamates (subject to hydrolysis) is 1. The lowest BCUT2D eigenvalue weighted by Gasteiger charge is -2.46. The molecule has 0 fully saturated rings. The van der Waals surface area contributed by atoms with Gasteiger partial charge in [0.1, 0.15) is 29.5 Å². The summed E-state index contributed by atoms with van der Waals surface area (Å²) >= 11 is 0. The van der Waals surface area contributed by atoms with Gasteiger partial charge in [0.2, 0.25) is 0 Å². The van der Waals surface area contributed by atoms with Crippen LogP contribution in [0.15, 0.2) is 42.6 Å². The van der Waals surface area contributed by atoms with E-state index in [2.05, 4.69) is 46.0 Å². The maximum atomic E-state index is 12.4. The Labute approximate surface area is 244 Å². The van der Waals surface area contributed by atoms with Crippen molar-refractivity contribution in [3.8, 4) is 11.5 Å². The molecule has 3 rings (SSSR count). The average Bonchev–Trinajstić information content (AvgIpc) is 3.18. The summed E-state index contributed by atoms with van der Waals surface area (Å²) in [5.74, 6) is 1.47. The summed E-state index contributed by atoms with van der Waals surface area (Å²) in [5, 5.41) is 3.57. The molecule has 1 N–H and O–H groups in total. The van der Waals surface area contributed by atoms with Crippen molar-refractivity contribution in [2.24, 2.45) is 5.92 Å². The standard InChI is InChI=1S/C31H47N3O6S/c1-22-18-26-27(14-15-32-28(26)34(22)21-38-16-17-41(6,7,8)9)39-25-12-10-23(11-13-25)19-24(29(35)37-5)20-33-30(36)40-31(2,3)4/h10-15,18,24,41H,16-17,19-21H2,1-9H3,(H,33,36). The smallest absolute Gasteiger partial charge is 0.407 e. The minimum atomic E-state index is -1.61. The molecule has 1 aromatic carbocycles. The van der Waals surface area contributed by atoms with E-state index in [1.54, 1.807) is 27.0 Å². The van der Waals surface area contributed by atoms with Crippen LogP contribution in [0, 0.1) is 12.8 Å². The average molecular weight is 590 g/mol. The highest BCUT2D eigenvalue weighted by Gasteiger charge is 2.23. The fraction of sp³-hybridized carbons (Fsp3) is 0.516. The quantitative estimate of drug-likeness (QED) is 0.162. The summed E-state index contributed by atoms with van der Waals surface area (Å²) in [7, 11) is -0.277. The zero-order valence-electron chi connectivity index (χ0n) is 25.9. The number of nitrogens with zero attached hydrogens (tertiary/aromatic N) is 2. The minimum Gasteiger partial charge on any atom is -0.469 e. The topological polar surface area (TPSA) is 101 Å². The third-order valence-corrected chi connectivity index (χ3v) is 8.35. The monoisotopic (exact) mass is 589 g/mol. The first-order chi connectivity index (χ1) is 19.0. The number of pyridine rings is 1. The number of amides is 1. The molecule has 41 heavy (non-hydrogen) atoms. The molecule has 0 spiro atoms. The molecule has 0 bridgehead atoms. The number of carbonyl (C=O) groups excluding carboxylic acids is 2. The Morgan fingerprint density at radius 3 is 2.37 bits per heavy atom. The second-order valence-corrected chi connectivity index (χ2v) is 21.9. The molecule has 9 nitrogen and oxygen atoms in total. The van der Waals surface area contributed by atoms with Crippen molar-refractivity contribution >= 4 is 32.3 Å². The molecule has 10 heteroatoms. The van der Waals surface area contributed by atoms with Crippen LogP contribution in [-0.4, -0.2) is 78.3 Å². The summed E-state index contributed by atoms with van der Waals surface area (Å²) in [5.41, 5.74) is 2.15. The van der Waals surface area contributed by atoms with Crippen molar-refractivity contribution in [2.75, 3.05) is 51.0 Å². The molecule has 2 aromatic heterocycles. The molecule has 0 radical (unpaired) electrons. The fourth-order valence-corrected chi connectivity index (χ4v) is 4.98. The van der Waals surface area contributed by atoms with Crippen LogP contribution in [0.25, 0.3) is 11.0 Å². The molecule has 0 aliphatic carbocycles. The fourth-order valence-electron chi connectivity index (χ4n) is 4.12. The number of esters is 1. The van der Waals surface area contributed by atoms with Gasteiger partial charge in [-0.2, -0.15) is 0 Å². The van der Waals surface area contributed by atoms with E-state index in [4.69, 9.17) is 18.9 Å². The Hall–Kier alpha value is -3.24. The van der Waals surface area contributed by atoms with Gasteiger partial charge < -0.3 is 28.8 Å². The number of rotatable bonds is 12. The molecule has 0 aliphatic rings. The predicted molar refractivity (Wildman–Crippen MR) is 168 cm³/mol. The number of fused-ring (bicyclic) bond motifs is 1. The third kappa shape index (κ3) is 10.3. The van der Waals surface area contributed by atoms with Gasteiger partial charge in [-0.05, 0) is 94.7 Å². The zero-order valence-corrected chi connectivity index (χ0v) is 26.8. The second kappa shape index (κ2) is 12.7. The SMILES string of the molecule is COC(=O)C(CNC(=O)OC(C)(C)C)Cc1ccc(Oc2ccnc3c2cc(C)n3COCC[SH](C)(C)(C)C)cc1. The van der Waals surface area contributed by atoms with Gasteiger partial charge in [0.15, 0.2) is 0 Å². The lowest BCUT2D eigenvalue weighted by atomic mass is 9.99. The molecule has 0 saturated heterocycles. The van der Waals surface area contributed by atoms with Gasteiger partial charge >= 0.3 is 12.1 Å². The number of benzene rings is 1. The maximum absolute atomic E-state index is 12.4. The molecular formula is C31H47N3O6S. The number of methoxy groups -OCH3 is 1. The number of ether oxygens (including phenoxy) is 4. The summed E-state index contributed by atoms with van der Waals surface area (Å²) in [4.78, 5) is 29.0. The highest BCUT2D eigenvalue weighted by molar-refractivity contribution is 8.47. The van der Waals surface area contributed by atoms with E-state index in [-0.39, 0.29) is 6.54 Å². The molecule has 0 aliphatic heterocycles. The van der Waals surface area contributed by atoms with Gasteiger partial charge in [0, 0.05) is 18.4 Å². The van der Waals surface area contributed by atoms with E-state index >= 15 is 0 Å². The number of nitrogens with one attached hydrogen (secondary N) is 1. The maximum Gasteiger partial charge on any atom is 0.407 e. The van der Waals surface area contributed by atoms with Crippen LogP contribution in [0.2, 0.25) is 0 Å². The first kappa shape index (κ1) is 32.3. The van der Waals surface area contributed by atoms with E-state index in [1.165, 1.54) is 7.11 Å². The third-order valence-electron chi connectivity index (χ3n) is 6.37. The molecular weight excluding hydrogens is 542 g/mol. The normalized spacial score (nSPS) is 13.7. The lowest BCUT2D eigenvalue weighted by Crippen LogP contribution is -2.38. The van der Waals surface area contributed by atoms with Gasteiger partial charge in [-0.3, -0.25) is 14.0 Å². The number of aryl methyl sites for hydroxylation is 1. The molecule has 1 unspecified atom stereocenters. The van der Waals surface area contributed by atoms with Gasteiger partial charge in [0.05, 0.1) is 25.0 Å². The van der Waals surface area contributed by atoms with Gasteiger partial charge in [0.25, 0.3) is 0 Å². The summed E-state index contributed by atoms with van der Waals surface area (Å²) < 4.78 is 24.6. The summed E-state index contributed by atoms with van der Waals surface area (Å²) in [6.45, 7) is 8.65. The van der Waals surface area contributed by atoms with Crippen molar-refractivity contribution < 1.29 is 28.5 Å². The van der Waals surface area contributed by atoms with Crippen molar-refractivity contribution in [1.29, 1.82) is 0 Å². The minimum absolute atomic E-state index is 0.103. The van der Waals surface area contributed by atoms with Crippen LogP contribution in [-0.2, 0) is 32.2 Å². The van der Waals surface area contributed by atoms with Crippen LogP contribution < -0.4 is 10.1 Å². The zero-order chi connectivity index (χ0) is 30.4. The number of thiol groups is 1. The van der Waals surface area contributed by atoms with Crippen molar-refractivity contribution in [1.82, 2.24) is 14.9 Å². The molecule has 3 aromatic rings.